The molecule has 0 bridgehead atoms. The number of nitrogens with zero attached hydrogens (tertiary/aromatic N) is 3. The molecule has 0 saturated carbocycles. The molecule has 9 nitrogen and oxygen atoms in total. The fourth-order valence-corrected chi connectivity index (χ4v) is 3.73. The van der Waals surface area contributed by atoms with Crippen LogP contribution in [0.1, 0.15) is 47.0 Å². The lowest BCUT2D eigenvalue weighted by Gasteiger charge is -2.16. The van der Waals surface area contributed by atoms with Crippen LogP contribution in [-0.2, 0) is 11.3 Å². The second kappa shape index (κ2) is 9.01. The first-order valence-corrected chi connectivity index (χ1v) is 10.5. The molecule has 3 aromatic rings. The summed E-state index contributed by atoms with van der Waals surface area (Å²) in [4.78, 5) is 51.4. The number of anilines is 1. The summed E-state index contributed by atoms with van der Waals surface area (Å²) in [6, 6.07) is 13.3. The van der Waals surface area contributed by atoms with E-state index in [0.29, 0.717) is 42.3 Å². The molecule has 9 heteroatoms. The minimum Gasteiger partial charge on any atom is -0.312 e. The number of hydrogen-bond donors (Lipinski definition) is 2. The van der Waals surface area contributed by atoms with Crippen LogP contribution in [-0.4, -0.2) is 34.0 Å². The van der Waals surface area contributed by atoms with E-state index in [-0.39, 0.29) is 17.2 Å². The van der Waals surface area contributed by atoms with Gasteiger partial charge in [-0.25, -0.2) is 4.68 Å². The number of hydrazine groups is 1. The average Bonchev–Trinajstić information content (AvgIpc) is 3.25. The molecule has 1 aliphatic heterocycles. The van der Waals surface area contributed by atoms with Crippen LogP contribution >= 0.6 is 0 Å². The molecule has 2 heterocycles. The smallest absolute Gasteiger partial charge is 0.290 e. The van der Waals surface area contributed by atoms with Crippen LogP contribution in [0.3, 0.4) is 0 Å². The maximum absolute atomic E-state index is 12.8. The molecule has 0 aliphatic carbocycles. The van der Waals surface area contributed by atoms with Crippen molar-refractivity contribution in [3.05, 3.63) is 70.1 Å². The van der Waals surface area contributed by atoms with E-state index >= 15 is 0 Å². The van der Waals surface area contributed by atoms with Crippen molar-refractivity contribution >= 4 is 34.2 Å². The van der Waals surface area contributed by atoms with E-state index in [2.05, 4.69) is 16.0 Å². The van der Waals surface area contributed by atoms with E-state index in [1.807, 2.05) is 6.92 Å². The van der Waals surface area contributed by atoms with Crippen molar-refractivity contribution in [1.29, 1.82) is 0 Å². The highest BCUT2D eigenvalue weighted by Gasteiger charge is 2.22. The summed E-state index contributed by atoms with van der Waals surface area (Å²) in [7, 11) is 0. The number of amides is 3. The molecular weight excluding hydrogens is 410 g/mol. The second-order valence-electron chi connectivity index (χ2n) is 7.53. The fourth-order valence-electron chi connectivity index (χ4n) is 3.73. The second-order valence-corrected chi connectivity index (χ2v) is 7.53. The standard InChI is InChI=1S/C23H23N5O4/c1-2-13-28-23(32)18-7-4-3-6-17(18)20(26-28)22(31)25-24-21(30)15-9-11-16(12-10-15)27-14-5-8-19(27)29/h3-4,6-7,9-12H,2,5,8,13-14H2,1H3,(H,24,30)(H,25,31). The monoisotopic (exact) mass is 433 g/mol. The third-order valence-corrected chi connectivity index (χ3v) is 5.32. The van der Waals surface area contributed by atoms with Gasteiger partial charge in [0.05, 0.1) is 5.39 Å². The van der Waals surface area contributed by atoms with Crippen LogP contribution in [0.15, 0.2) is 53.3 Å². The molecule has 2 aromatic carbocycles. The van der Waals surface area contributed by atoms with Gasteiger partial charge in [-0.1, -0.05) is 25.1 Å². The summed E-state index contributed by atoms with van der Waals surface area (Å²) in [6.07, 6.45) is 2.03. The van der Waals surface area contributed by atoms with Crippen molar-refractivity contribution in [3.8, 4) is 0 Å². The highest BCUT2D eigenvalue weighted by Crippen LogP contribution is 2.21. The Labute approximate surface area is 184 Å². The normalized spacial score (nSPS) is 13.4. The van der Waals surface area contributed by atoms with Crippen LogP contribution < -0.4 is 21.3 Å². The van der Waals surface area contributed by atoms with Crippen molar-refractivity contribution in [2.45, 2.75) is 32.7 Å². The molecule has 1 fully saturated rings. The molecule has 1 aliphatic rings. The lowest BCUT2D eigenvalue weighted by atomic mass is 10.1. The molecule has 164 valence electrons. The van der Waals surface area contributed by atoms with Crippen LogP contribution in [0.4, 0.5) is 5.69 Å². The molecule has 2 N–H and O–H groups in total. The molecule has 0 spiro atoms. The van der Waals surface area contributed by atoms with Crippen molar-refractivity contribution < 1.29 is 14.4 Å². The Morgan fingerprint density at radius 3 is 2.31 bits per heavy atom. The van der Waals surface area contributed by atoms with Gasteiger partial charge in [-0.05, 0) is 43.2 Å². The van der Waals surface area contributed by atoms with Gasteiger partial charge in [-0.15, -0.1) is 0 Å². The average molecular weight is 433 g/mol. The van der Waals surface area contributed by atoms with Crippen LogP contribution in [0.5, 0.6) is 0 Å². The molecule has 32 heavy (non-hydrogen) atoms. The van der Waals surface area contributed by atoms with Crippen LogP contribution in [0, 0.1) is 0 Å². The Morgan fingerprint density at radius 1 is 0.969 bits per heavy atom. The topological polar surface area (TPSA) is 113 Å². The number of aryl methyl sites for hydroxylation is 1. The zero-order chi connectivity index (χ0) is 22.7. The molecule has 0 radical (unpaired) electrons. The highest BCUT2D eigenvalue weighted by molar-refractivity contribution is 6.06. The van der Waals surface area contributed by atoms with Gasteiger partial charge in [-0.2, -0.15) is 5.10 Å². The fraction of sp³-hybridized carbons (Fsp3) is 0.261. The summed E-state index contributed by atoms with van der Waals surface area (Å²) >= 11 is 0. The van der Waals surface area contributed by atoms with Gasteiger partial charge < -0.3 is 4.90 Å². The first-order chi connectivity index (χ1) is 15.5. The van der Waals surface area contributed by atoms with Gasteiger partial charge in [0.15, 0.2) is 5.69 Å². The number of benzene rings is 2. The molecule has 1 aromatic heterocycles. The molecule has 4 rings (SSSR count). The number of aromatic nitrogens is 2. The van der Waals surface area contributed by atoms with Crippen molar-refractivity contribution in [2.24, 2.45) is 0 Å². The summed E-state index contributed by atoms with van der Waals surface area (Å²) in [5, 5.41) is 5.01. The van der Waals surface area contributed by atoms with Crippen molar-refractivity contribution in [2.75, 3.05) is 11.4 Å². The third kappa shape index (κ3) is 4.09. The number of rotatable bonds is 5. The van der Waals surface area contributed by atoms with Gasteiger partial charge in [-0.3, -0.25) is 30.0 Å². The van der Waals surface area contributed by atoms with Gasteiger partial charge in [0.25, 0.3) is 17.4 Å². The van der Waals surface area contributed by atoms with Gasteiger partial charge in [0.2, 0.25) is 5.91 Å². The minimum atomic E-state index is -0.626. The summed E-state index contributed by atoms with van der Waals surface area (Å²) in [5.74, 6) is -1.07. The van der Waals surface area contributed by atoms with Gasteiger partial charge >= 0.3 is 0 Å². The van der Waals surface area contributed by atoms with Crippen LogP contribution in [0.2, 0.25) is 0 Å². The number of nitrogens with one attached hydrogen (secondary N) is 2. The van der Waals surface area contributed by atoms with E-state index in [1.165, 1.54) is 4.68 Å². The van der Waals surface area contributed by atoms with E-state index in [0.717, 1.165) is 12.1 Å². The number of carbonyl (C=O) groups is 3. The summed E-state index contributed by atoms with van der Waals surface area (Å²) < 4.78 is 1.26. The van der Waals surface area contributed by atoms with Gasteiger partial charge in [0.1, 0.15) is 0 Å². The Hall–Kier alpha value is -4.01. The Kier molecular flexibility index (Phi) is 5.98. The zero-order valence-electron chi connectivity index (χ0n) is 17.6. The third-order valence-electron chi connectivity index (χ3n) is 5.32. The Bertz CT molecular complexity index is 1250. The highest BCUT2D eigenvalue weighted by atomic mass is 16.2. The molecule has 3 amide bonds. The predicted molar refractivity (Wildman–Crippen MR) is 119 cm³/mol. The van der Waals surface area contributed by atoms with E-state index in [4.69, 9.17) is 0 Å². The van der Waals surface area contributed by atoms with E-state index in [9.17, 15) is 19.2 Å². The first kappa shape index (κ1) is 21.2. The lowest BCUT2D eigenvalue weighted by Crippen LogP contribution is -2.42. The summed E-state index contributed by atoms with van der Waals surface area (Å²) in [6.45, 7) is 2.96. The number of fused-ring (bicyclic) bond motifs is 1. The van der Waals surface area contributed by atoms with Crippen molar-refractivity contribution in [1.82, 2.24) is 20.6 Å². The molecule has 0 unspecified atom stereocenters. The van der Waals surface area contributed by atoms with Crippen molar-refractivity contribution in [3.63, 3.8) is 0 Å². The van der Waals surface area contributed by atoms with E-state index < -0.39 is 11.8 Å². The number of carbonyl (C=O) groups excluding carboxylic acids is 3. The molecule has 1 saturated heterocycles. The Morgan fingerprint density at radius 2 is 1.66 bits per heavy atom. The number of hydrogen-bond acceptors (Lipinski definition) is 5. The zero-order valence-corrected chi connectivity index (χ0v) is 17.6. The van der Waals surface area contributed by atoms with E-state index in [1.54, 1.807) is 53.4 Å². The predicted octanol–water partition coefficient (Wildman–Crippen LogP) is 2.01. The minimum absolute atomic E-state index is 0.0526. The quantitative estimate of drug-likeness (QED) is 0.598. The maximum Gasteiger partial charge on any atom is 0.290 e. The van der Waals surface area contributed by atoms with Gasteiger partial charge in [0, 0.05) is 36.1 Å². The SMILES string of the molecule is CCCn1nc(C(=O)NNC(=O)c2ccc(N3CCCC3=O)cc2)c2ccccc2c1=O. The lowest BCUT2D eigenvalue weighted by molar-refractivity contribution is -0.117. The Balaban J connectivity index is 1.49. The first-order valence-electron chi connectivity index (χ1n) is 10.5. The largest absolute Gasteiger partial charge is 0.312 e. The van der Waals surface area contributed by atoms with Crippen LogP contribution in [0.25, 0.3) is 10.8 Å². The molecule has 0 atom stereocenters. The summed E-state index contributed by atoms with van der Waals surface area (Å²) in [5.41, 5.74) is 5.61. The molecular formula is C23H23N5O4. The maximum atomic E-state index is 12.8.